The highest BCUT2D eigenvalue weighted by atomic mass is 35.5. The van der Waals surface area contributed by atoms with Crippen LogP contribution in [0, 0.1) is 0 Å². The summed E-state index contributed by atoms with van der Waals surface area (Å²) in [5, 5.41) is 3.95. The minimum absolute atomic E-state index is 0.0628. The van der Waals surface area contributed by atoms with Crippen LogP contribution in [0.15, 0.2) is 42.5 Å². The van der Waals surface area contributed by atoms with Crippen molar-refractivity contribution in [3.05, 3.63) is 58.6 Å². The van der Waals surface area contributed by atoms with Crippen molar-refractivity contribution in [2.45, 2.75) is 31.8 Å². The van der Waals surface area contributed by atoms with Crippen molar-refractivity contribution in [3.8, 4) is 11.5 Å². The van der Waals surface area contributed by atoms with Gasteiger partial charge >= 0.3 is 0 Å². The first-order chi connectivity index (χ1) is 13.7. The number of hydrogen-bond acceptors (Lipinski definition) is 4. The van der Waals surface area contributed by atoms with Gasteiger partial charge in [0.25, 0.3) is 0 Å². The molecule has 1 saturated heterocycles. The molecule has 0 aromatic heterocycles. The summed E-state index contributed by atoms with van der Waals surface area (Å²) in [5.41, 5.74) is 2.22. The van der Waals surface area contributed by atoms with Crippen LogP contribution in [0.2, 0.25) is 5.02 Å². The van der Waals surface area contributed by atoms with Crippen LogP contribution in [0.4, 0.5) is 0 Å². The number of rotatable bonds is 5. The first kappa shape index (κ1) is 19.1. The molecule has 2 aliphatic heterocycles. The second kappa shape index (κ2) is 8.84. The Balaban J connectivity index is 1.23. The van der Waals surface area contributed by atoms with E-state index in [1.165, 1.54) is 5.56 Å². The molecule has 0 radical (unpaired) electrons. The lowest BCUT2D eigenvalue weighted by molar-refractivity contribution is -0.121. The van der Waals surface area contributed by atoms with Gasteiger partial charge in [0, 0.05) is 30.7 Å². The molecule has 28 heavy (non-hydrogen) atoms. The second-order valence-corrected chi connectivity index (χ2v) is 7.84. The predicted molar refractivity (Wildman–Crippen MR) is 109 cm³/mol. The van der Waals surface area contributed by atoms with Crippen LogP contribution < -0.4 is 14.8 Å². The Kier molecular flexibility index (Phi) is 6.03. The number of carbonyl (C=O) groups excluding carboxylic acids is 1. The van der Waals surface area contributed by atoms with Gasteiger partial charge < -0.3 is 14.8 Å². The van der Waals surface area contributed by atoms with Crippen LogP contribution in [0.25, 0.3) is 0 Å². The number of halogens is 1. The van der Waals surface area contributed by atoms with Gasteiger partial charge in [0.05, 0.1) is 6.42 Å². The molecule has 0 aliphatic carbocycles. The van der Waals surface area contributed by atoms with E-state index in [1.807, 2.05) is 30.3 Å². The zero-order valence-electron chi connectivity index (χ0n) is 15.8. The van der Waals surface area contributed by atoms with Gasteiger partial charge in [0.1, 0.15) is 13.2 Å². The summed E-state index contributed by atoms with van der Waals surface area (Å²) in [6, 6.07) is 14.0. The molecule has 2 aromatic rings. The van der Waals surface area contributed by atoms with E-state index in [9.17, 15) is 4.79 Å². The average molecular weight is 401 g/mol. The molecule has 0 saturated carbocycles. The van der Waals surface area contributed by atoms with Crippen molar-refractivity contribution in [2.24, 2.45) is 0 Å². The number of hydrogen-bond donors (Lipinski definition) is 1. The van der Waals surface area contributed by atoms with Crippen molar-refractivity contribution in [1.82, 2.24) is 10.2 Å². The fraction of sp³-hybridized carbons (Fsp3) is 0.409. The highest BCUT2D eigenvalue weighted by Crippen LogP contribution is 2.30. The van der Waals surface area contributed by atoms with Gasteiger partial charge in [0.15, 0.2) is 11.5 Å². The minimum Gasteiger partial charge on any atom is -0.486 e. The van der Waals surface area contributed by atoms with Crippen molar-refractivity contribution >= 4 is 17.5 Å². The second-order valence-electron chi connectivity index (χ2n) is 7.40. The van der Waals surface area contributed by atoms with Gasteiger partial charge in [-0.2, -0.15) is 0 Å². The Labute approximate surface area is 170 Å². The van der Waals surface area contributed by atoms with E-state index in [0.29, 0.717) is 19.6 Å². The molecular weight excluding hydrogens is 376 g/mol. The Hall–Kier alpha value is -2.24. The number of nitrogens with zero attached hydrogens (tertiary/aromatic N) is 1. The van der Waals surface area contributed by atoms with Crippen LogP contribution in [0.1, 0.15) is 24.0 Å². The fourth-order valence-electron chi connectivity index (χ4n) is 3.75. The molecule has 6 heteroatoms. The summed E-state index contributed by atoms with van der Waals surface area (Å²) in [6.07, 6.45) is 2.31. The van der Waals surface area contributed by atoms with Crippen LogP contribution in [-0.4, -0.2) is 43.2 Å². The summed E-state index contributed by atoms with van der Waals surface area (Å²) < 4.78 is 11.1. The molecule has 4 rings (SSSR count). The number of piperidine rings is 1. The third-order valence-electron chi connectivity index (χ3n) is 5.24. The van der Waals surface area contributed by atoms with Crippen molar-refractivity contribution in [1.29, 1.82) is 0 Å². The average Bonchev–Trinajstić information content (AvgIpc) is 2.71. The van der Waals surface area contributed by atoms with E-state index in [2.05, 4.69) is 22.3 Å². The third-order valence-corrected chi connectivity index (χ3v) is 5.50. The Morgan fingerprint density at radius 3 is 2.43 bits per heavy atom. The van der Waals surface area contributed by atoms with Crippen molar-refractivity contribution < 1.29 is 14.3 Å². The molecule has 2 aromatic carbocycles. The summed E-state index contributed by atoms with van der Waals surface area (Å²) in [6.45, 7) is 4.02. The van der Waals surface area contributed by atoms with E-state index in [-0.39, 0.29) is 11.9 Å². The maximum Gasteiger partial charge on any atom is 0.224 e. The molecular formula is C22H25ClN2O3. The summed E-state index contributed by atoms with van der Waals surface area (Å²) in [5.74, 6) is 1.54. The number of benzene rings is 2. The van der Waals surface area contributed by atoms with Gasteiger partial charge in [-0.15, -0.1) is 0 Å². The number of amides is 1. The van der Waals surface area contributed by atoms with Crippen LogP contribution in [0.3, 0.4) is 0 Å². The lowest BCUT2D eigenvalue weighted by Crippen LogP contribution is -2.44. The zero-order valence-corrected chi connectivity index (χ0v) is 16.6. The molecule has 2 aliphatic rings. The predicted octanol–water partition coefficient (Wildman–Crippen LogP) is 3.43. The van der Waals surface area contributed by atoms with Crippen LogP contribution in [-0.2, 0) is 17.8 Å². The van der Waals surface area contributed by atoms with Crippen LogP contribution in [0.5, 0.6) is 11.5 Å². The van der Waals surface area contributed by atoms with E-state index >= 15 is 0 Å². The Morgan fingerprint density at radius 1 is 1.00 bits per heavy atom. The van der Waals surface area contributed by atoms with Gasteiger partial charge in [-0.25, -0.2) is 0 Å². The summed E-state index contributed by atoms with van der Waals surface area (Å²) in [7, 11) is 0. The third kappa shape index (κ3) is 4.97. The van der Waals surface area contributed by atoms with E-state index < -0.39 is 0 Å². The molecule has 1 amide bonds. The van der Waals surface area contributed by atoms with Gasteiger partial charge in [0.2, 0.25) is 5.91 Å². The lowest BCUT2D eigenvalue weighted by Gasteiger charge is -2.32. The zero-order chi connectivity index (χ0) is 19.3. The van der Waals surface area contributed by atoms with Gasteiger partial charge in [-0.3, -0.25) is 9.69 Å². The largest absolute Gasteiger partial charge is 0.486 e. The number of likely N-dealkylation sites (tertiary alicyclic amines) is 1. The first-order valence-electron chi connectivity index (χ1n) is 9.80. The molecule has 0 spiro atoms. The summed E-state index contributed by atoms with van der Waals surface area (Å²) >= 11 is 5.95. The van der Waals surface area contributed by atoms with E-state index in [4.69, 9.17) is 21.1 Å². The number of fused-ring (bicyclic) bond motifs is 1. The maximum absolute atomic E-state index is 12.4. The van der Waals surface area contributed by atoms with Gasteiger partial charge in [-0.05, 0) is 48.2 Å². The molecule has 0 atom stereocenters. The topological polar surface area (TPSA) is 50.8 Å². The highest BCUT2D eigenvalue weighted by molar-refractivity contribution is 6.30. The van der Waals surface area contributed by atoms with E-state index in [1.54, 1.807) is 0 Å². The van der Waals surface area contributed by atoms with Crippen molar-refractivity contribution in [3.63, 3.8) is 0 Å². The molecule has 1 fully saturated rings. The minimum atomic E-state index is 0.0628. The smallest absolute Gasteiger partial charge is 0.224 e. The molecule has 5 nitrogen and oxygen atoms in total. The molecule has 0 unspecified atom stereocenters. The maximum atomic E-state index is 12.4. The highest BCUT2D eigenvalue weighted by Gasteiger charge is 2.21. The Morgan fingerprint density at radius 2 is 1.68 bits per heavy atom. The molecule has 1 N–H and O–H groups in total. The quantitative estimate of drug-likeness (QED) is 0.835. The first-order valence-corrected chi connectivity index (χ1v) is 10.2. The SMILES string of the molecule is O=C(Cc1ccc2c(c1)OCCO2)NC1CCN(Cc2ccc(Cl)cc2)CC1. The van der Waals surface area contributed by atoms with Crippen molar-refractivity contribution in [2.75, 3.05) is 26.3 Å². The van der Waals surface area contributed by atoms with Crippen LogP contribution >= 0.6 is 11.6 Å². The standard InChI is InChI=1S/C22H25ClN2O3/c23-18-4-1-16(2-5-18)15-25-9-7-19(8-10-25)24-22(26)14-17-3-6-20-21(13-17)28-12-11-27-20/h1-6,13,19H,7-12,14-15H2,(H,24,26). The fourth-order valence-corrected chi connectivity index (χ4v) is 3.87. The molecule has 148 valence electrons. The normalized spacial score (nSPS) is 17.3. The van der Waals surface area contributed by atoms with E-state index in [0.717, 1.165) is 54.6 Å². The van der Waals surface area contributed by atoms with Gasteiger partial charge in [-0.1, -0.05) is 29.8 Å². The lowest BCUT2D eigenvalue weighted by atomic mass is 10.0. The molecule has 0 bridgehead atoms. The number of nitrogens with one attached hydrogen (secondary N) is 1. The molecule has 2 heterocycles. The number of carbonyl (C=O) groups is 1. The number of ether oxygens (including phenoxy) is 2. The monoisotopic (exact) mass is 400 g/mol. The summed E-state index contributed by atoms with van der Waals surface area (Å²) in [4.78, 5) is 14.9. The Bertz CT molecular complexity index is 817.